The Balaban J connectivity index is 1.85. The van der Waals surface area contributed by atoms with Gasteiger partial charge in [0.2, 0.25) is 0 Å². The summed E-state index contributed by atoms with van der Waals surface area (Å²) >= 11 is 0. The van der Waals surface area contributed by atoms with Crippen molar-refractivity contribution in [3.05, 3.63) is 29.8 Å². The highest BCUT2D eigenvalue weighted by atomic mass is 16.5. The van der Waals surface area contributed by atoms with Crippen molar-refractivity contribution in [1.82, 2.24) is 9.80 Å². The second-order valence-corrected chi connectivity index (χ2v) is 6.86. The summed E-state index contributed by atoms with van der Waals surface area (Å²) in [6.07, 6.45) is 2.32. The molecule has 1 aromatic carbocycles. The van der Waals surface area contributed by atoms with E-state index in [4.69, 9.17) is 9.47 Å². The molecule has 2 aliphatic rings. The molecule has 1 amide bonds. The topological polar surface area (TPSA) is 79.3 Å². The van der Waals surface area contributed by atoms with Gasteiger partial charge in [0.1, 0.15) is 11.5 Å². The molecule has 7 heteroatoms. The summed E-state index contributed by atoms with van der Waals surface area (Å²) in [4.78, 5) is 28.7. The van der Waals surface area contributed by atoms with E-state index in [2.05, 4.69) is 11.8 Å². The molecule has 1 aromatic rings. The summed E-state index contributed by atoms with van der Waals surface area (Å²) in [5, 5.41) is 9.61. The minimum atomic E-state index is -1.03. The first-order chi connectivity index (χ1) is 12.5. The third-order valence-electron chi connectivity index (χ3n) is 5.28. The number of benzene rings is 1. The molecule has 0 saturated carbocycles. The van der Waals surface area contributed by atoms with Crippen LogP contribution in [0.15, 0.2) is 24.3 Å². The van der Waals surface area contributed by atoms with Crippen LogP contribution in [0, 0.1) is 0 Å². The number of carboxylic acid groups (broad SMARTS) is 1. The highest BCUT2D eigenvalue weighted by molar-refractivity contribution is 5.97. The Labute approximate surface area is 153 Å². The number of carboxylic acids is 1. The highest BCUT2D eigenvalue weighted by Crippen LogP contribution is 2.38. The van der Waals surface area contributed by atoms with E-state index in [1.165, 1.54) is 4.90 Å². The van der Waals surface area contributed by atoms with Crippen LogP contribution in [0.3, 0.4) is 0 Å². The van der Waals surface area contributed by atoms with E-state index in [9.17, 15) is 14.7 Å². The average molecular weight is 362 g/mol. The maximum absolute atomic E-state index is 13.2. The van der Waals surface area contributed by atoms with Crippen LogP contribution < -0.4 is 4.74 Å². The van der Waals surface area contributed by atoms with Gasteiger partial charge in [-0.1, -0.05) is 6.92 Å². The molecule has 0 unspecified atom stereocenters. The number of hydrogen-bond donors (Lipinski definition) is 1. The summed E-state index contributed by atoms with van der Waals surface area (Å²) in [5.74, 6) is -0.683. The zero-order valence-electron chi connectivity index (χ0n) is 15.3. The lowest BCUT2D eigenvalue weighted by Gasteiger charge is -2.44. The molecule has 142 valence electrons. The number of likely N-dealkylation sites (tertiary alicyclic amines) is 1. The van der Waals surface area contributed by atoms with Crippen molar-refractivity contribution in [2.45, 2.75) is 38.0 Å². The summed E-state index contributed by atoms with van der Waals surface area (Å²) in [5.41, 5.74) is -0.387. The van der Waals surface area contributed by atoms with Crippen molar-refractivity contribution in [3.8, 4) is 5.75 Å². The maximum atomic E-state index is 13.2. The molecule has 7 nitrogen and oxygen atoms in total. The number of aliphatic carboxylic acids is 1. The van der Waals surface area contributed by atoms with Crippen molar-refractivity contribution < 1.29 is 24.2 Å². The van der Waals surface area contributed by atoms with E-state index in [-0.39, 0.29) is 12.5 Å². The lowest BCUT2D eigenvalue weighted by atomic mass is 9.96. The van der Waals surface area contributed by atoms with Gasteiger partial charge in [-0.15, -0.1) is 0 Å². The van der Waals surface area contributed by atoms with E-state index >= 15 is 0 Å². The van der Waals surface area contributed by atoms with Gasteiger partial charge < -0.3 is 19.5 Å². The van der Waals surface area contributed by atoms with Crippen LogP contribution in [-0.4, -0.2) is 71.9 Å². The first-order valence-electron chi connectivity index (χ1n) is 9.07. The van der Waals surface area contributed by atoms with Crippen LogP contribution in [0.5, 0.6) is 5.75 Å². The Morgan fingerprint density at radius 3 is 2.46 bits per heavy atom. The van der Waals surface area contributed by atoms with Crippen molar-refractivity contribution in [3.63, 3.8) is 0 Å². The molecule has 0 radical (unpaired) electrons. The Morgan fingerprint density at radius 2 is 1.92 bits per heavy atom. The number of methoxy groups -OCH3 is 1. The first kappa shape index (κ1) is 18.7. The Kier molecular flexibility index (Phi) is 5.48. The first-order valence-corrected chi connectivity index (χ1v) is 9.07. The van der Waals surface area contributed by atoms with Gasteiger partial charge in [-0.3, -0.25) is 9.69 Å². The molecule has 2 aliphatic heterocycles. The Bertz CT molecular complexity index is 652. The van der Waals surface area contributed by atoms with Gasteiger partial charge in [0.05, 0.1) is 13.7 Å². The second-order valence-electron chi connectivity index (χ2n) is 6.86. The normalized spacial score (nSPS) is 22.5. The number of carbonyl (C=O) groups is 2. The lowest BCUT2D eigenvalue weighted by Crippen LogP contribution is -2.58. The van der Waals surface area contributed by atoms with Crippen LogP contribution in [0.2, 0.25) is 0 Å². The summed E-state index contributed by atoms with van der Waals surface area (Å²) < 4.78 is 11.1. The van der Waals surface area contributed by atoms with Crippen molar-refractivity contribution in [2.24, 2.45) is 0 Å². The zero-order chi connectivity index (χ0) is 18.7. The number of ether oxygens (including phenoxy) is 2. The number of amides is 1. The molecular formula is C19H26N2O5. The van der Waals surface area contributed by atoms with Gasteiger partial charge in [0.15, 0.2) is 6.04 Å². The Hall–Kier alpha value is -2.12. The molecule has 2 heterocycles. The van der Waals surface area contributed by atoms with Gasteiger partial charge in [-0.25, -0.2) is 4.79 Å². The molecule has 3 rings (SSSR count). The van der Waals surface area contributed by atoms with Gasteiger partial charge in [0, 0.05) is 31.5 Å². The van der Waals surface area contributed by atoms with Crippen LogP contribution >= 0.6 is 0 Å². The van der Waals surface area contributed by atoms with Crippen molar-refractivity contribution >= 4 is 11.9 Å². The van der Waals surface area contributed by atoms with Crippen LogP contribution in [-0.2, 0) is 9.53 Å². The third kappa shape index (κ3) is 3.41. The van der Waals surface area contributed by atoms with Gasteiger partial charge in [-0.05, 0) is 37.2 Å². The number of rotatable bonds is 5. The quantitative estimate of drug-likeness (QED) is 0.861. The fraction of sp³-hybridized carbons (Fsp3) is 0.579. The largest absolute Gasteiger partial charge is 0.497 e. The van der Waals surface area contributed by atoms with Crippen LogP contribution in [0.25, 0.3) is 0 Å². The second kappa shape index (κ2) is 7.63. The van der Waals surface area contributed by atoms with Gasteiger partial charge in [-0.2, -0.15) is 0 Å². The van der Waals surface area contributed by atoms with E-state index in [1.54, 1.807) is 31.4 Å². The third-order valence-corrected chi connectivity index (χ3v) is 5.28. The minimum absolute atomic E-state index is 0.0327. The standard InChI is InChI=1S/C19H26N2O5/c1-3-10-20-11-8-19(9-12-20)21(16(13-26-19)18(23)24)17(22)14-4-6-15(25-2)7-5-14/h4-7,16H,3,8-13H2,1-2H3,(H,23,24)/t16-/m1/s1. The van der Waals surface area contributed by atoms with Gasteiger partial charge >= 0.3 is 5.97 Å². The molecular weight excluding hydrogens is 336 g/mol. The fourth-order valence-electron chi connectivity index (χ4n) is 3.87. The molecule has 1 spiro atoms. The smallest absolute Gasteiger partial charge is 0.328 e. The van der Waals surface area contributed by atoms with Crippen molar-refractivity contribution in [1.29, 1.82) is 0 Å². The Morgan fingerprint density at radius 1 is 1.27 bits per heavy atom. The van der Waals surface area contributed by atoms with Crippen molar-refractivity contribution in [2.75, 3.05) is 33.4 Å². The zero-order valence-corrected chi connectivity index (χ0v) is 15.3. The summed E-state index contributed by atoms with van der Waals surface area (Å²) in [7, 11) is 1.56. The summed E-state index contributed by atoms with van der Waals surface area (Å²) in [6, 6.07) is 5.78. The molecule has 2 fully saturated rings. The monoisotopic (exact) mass is 362 g/mol. The van der Waals surface area contributed by atoms with E-state index in [1.807, 2.05) is 0 Å². The fourth-order valence-corrected chi connectivity index (χ4v) is 3.87. The van der Waals surface area contributed by atoms with E-state index in [0.29, 0.717) is 24.2 Å². The molecule has 0 aromatic heterocycles. The maximum Gasteiger partial charge on any atom is 0.328 e. The highest BCUT2D eigenvalue weighted by Gasteiger charge is 2.53. The minimum Gasteiger partial charge on any atom is -0.497 e. The number of piperidine rings is 1. The number of hydrogen-bond acceptors (Lipinski definition) is 5. The molecule has 26 heavy (non-hydrogen) atoms. The number of nitrogens with zero attached hydrogens (tertiary/aromatic N) is 2. The van der Waals surface area contributed by atoms with Gasteiger partial charge in [0.25, 0.3) is 5.91 Å². The van der Waals surface area contributed by atoms with E-state index < -0.39 is 17.7 Å². The van der Waals surface area contributed by atoms with E-state index in [0.717, 1.165) is 26.1 Å². The summed E-state index contributed by atoms with van der Waals surface area (Å²) in [6.45, 7) is 4.77. The molecule has 1 N–H and O–H groups in total. The number of carbonyl (C=O) groups excluding carboxylic acids is 1. The van der Waals surface area contributed by atoms with Crippen LogP contribution in [0.4, 0.5) is 0 Å². The SMILES string of the molecule is CCCN1CCC2(CC1)OC[C@H](C(=O)O)N2C(=O)c1ccc(OC)cc1. The molecule has 1 atom stereocenters. The average Bonchev–Trinajstić information content (AvgIpc) is 3.02. The lowest BCUT2D eigenvalue weighted by molar-refractivity contribution is -0.143. The molecule has 2 saturated heterocycles. The van der Waals surface area contributed by atoms with Crippen LogP contribution in [0.1, 0.15) is 36.5 Å². The molecule has 0 bridgehead atoms. The molecule has 0 aliphatic carbocycles. The predicted octanol–water partition coefficient (Wildman–Crippen LogP) is 1.82. The predicted molar refractivity (Wildman–Crippen MR) is 95.2 cm³/mol.